The van der Waals surface area contributed by atoms with Crippen molar-refractivity contribution in [1.29, 1.82) is 0 Å². The third-order valence-corrected chi connectivity index (χ3v) is 3.41. The third kappa shape index (κ3) is 3.75. The second-order valence-corrected chi connectivity index (χ2v) is 4.43. The van der Waals surface area contributed by atoms with Gasteiger partial charge in [0.2, 0.25) is 0 Å². The SMILES string of the molecule is CCN(CC)CCNc1nc[nH]c(=O)c1I. The van der Waals surface area contributed by atoms with Crippen molar-refractivity contribution in [1.82, 2.24) is 14.9 Å². The lowest BCUT2D eigenvalue weighted by Crippen LogP contribution is -2.29. The highest BCUT2D eigenvalue weighted by Crippen LogP contribution is 2.07. The molecule has 0 saturated heterocycles. The largest absolute Gasteiger partial charge is 0.368 e. The predicted molar refractivity (Wildman–Crippen MR) is 73.9 cm³/mol. The Kier molecular flexibility index (Phi) is 5.75. The highest BCUT2D eigenvalue weighted by molar-refractivity contribution is 14.1. The van der Waals surface area contributed by atoms with E-state index in [9.17, 15) is 4.79 Å². The number of nitrogens with zero attached hydrogens (tertiary/aromatic N) is 2. The smallest absolute Gasteiger partial charge is 0.266 e. The normalized spacial score (nSPS) is 10.8. The standard InChI is InChI=1S/C10H17IN4O/c1-3-15(4-2)6-5-12-9-8(11)10(16)14-7-13-9/h7H,3-6H2,1-2H3,(H2,12,13,14,16). The van der Waals surface area contributed by atoms with Crippen molar-refractivity contribution in [3.63, 3.8) is 0 Å². The zero-order valence-electron chi connectivity index (χ0n) is 9.59. The van der Waals surface area contributed by atoms with Gasteiger partial charge in [-0.1, -0.05) is 13.8 Å². The zero-order chi connectivity index (χ0) is 12.0. The van der Waals surface area contributed by atoms with E-state index in [1.54, 1.807) is 0 Å². The molecule has 0 aromatic carbocycles. The van der Waals surface area contributed by atoms with Gasteiger partial charge in [0.25, 0.3) is 5.56 Å². The summed E-state index contributed by atoms with van der Waals surface area (Å²) in [7, 11) is 0. The average molecular weight is 336 g/mol. The first-order chi connectivity index (χ1) is 7.69. The third-order valence-electron chi connectivity index (χ3n) is 2.41. The molecule has 0 radical (unpaired) electrons. The van der Waals surface area contributed by atoms with Crippen LogP contribution in [0.2, 0.25) is 0 Å². The van der Waals surface area contributed by atoms with Gasteiger partial charge in [0.1, 0.15) is 9.39 Å². The van der Waals surface area contributed by atoms with Gasteiger partial charge in [-0.25, -0.2) is 4.98 Å². The summed E-state index contributed by atoms with van der Waals surface area (Å²) in [4.78, 5) is 20.2. The van der Waals surface area contributed by atoms with Crippen LogP contribution in [0.15, 0.2) is 11.1 Å². The monoisotopic (exact) mass is 336 g/mol. The number of aromatic nitrogens is 2. The van der Waals surface area contributed by atoms with Gasteiger partial charge in [0.05, 0.1) is 6.33 Å². The Morgan fingerprint density at radius 1 is 1.50 bits per heavy atom. The Morgan fingerprint density at radius 3 is 2.81 bits per heavy atom. The molecule has 0 saturated carbocycles. The second kappa shape index (κ2) is 6.85. The van der Waals surface area contributed by atoms with Gasteiger partial charge < -0.3 is 15.2 Å². The van der Waals surface area contributed by atoms with Crippen LogP contribution < -0.4 is 10.9 Å². The molecule has 5 nitrogen and oxygen atoms in total. The van der Waals surface area contributed by atoms with Gasteiger partial charge in [-0.05, 0) is 35.7 Å². The van der Waals surface area contributed by atoms with Crippen molar-refractivity contribution in [2.45, 2.75) is 13.8 Å². The molecule has 1 aromatic heterocycles. The molecule has 0 fully saturated rings. The van der Waals surface area contributed by atoms with Crippen molar-refractivity contribution < 1.29 is 0 Å². The molecule has 6 heteroatoms. The van der Waals surface area contributed by atoms with E-state index in [1.807, 2.05) is 22.6 Å². The Hall–Kier alpha value is -0.630. The molecule has 0 atom stereocenters. The first kappa shape index (κ1) is 13.4. The molecule has 1 aromatic rings. The van der Waals surface area contributed by atoms with Gasteiger partial charge in [-0.3, -0.25) is 4.79 Å². The summed E-state index contributed by atoms with van der Waals surface area (Å²) in [5.74, 6) is 0.663. The topological polar surface area (TPSA) is 61.0 Å². The fourth-order valence-corrected chi connectivity index (χ4v) is 1.86. The van der Waals surface area contributed by atoms with Gasteiger partial charge in [0, 0.05) is 13.1 Å². The molecule has 0 unspecified atom stereocenters. The van der Waals surface area contributed by atoms with Crippen LogP contribution in [-0.4, -0.2) is 41.0 Å². The maximum absolute atomic E-state index is 11.3. The maximum atomic E-state index is 11.3. The van der Waals surface area contributed by atoms with E-state index >= 15 is 0 Å². The summed E-state index contributed by atoms with van der Waals surface area (Å²) in [6.07, 6.45) is 1.42. The molecular formula is C10H17IN4O. The minimum absolute atomic E-state index is 0.0964. The fraction of sp³-hybridized carbons (Fsp3) is 0.600. The van der Waals surface area contributed by atoms with E-state index in [-0.39, 0.29) is 5.56 Å². The molecule has 1 heterocycles. The van der Waals surface area contributed by atoms with Crippen LogP contribution in [0, 0.1) is 3.57 Å². The van der Waals surface area contributed by atoms with E-state index < -0.39 is 0 Å². The second-order valence-electron chi connectivity index (χ2n) is 3.35. The minimum atomic E-state index is -0.0964. The van der Waals surface area contributed by atoms with Crippen molar-refractivity contribution in [3.8, 4) is 0 Å². The fourth-order valence-electron chi connectivity index (χ4n) is 1.38. The number of nitrogens with one attached hydrogen (secondary N) is 2. The number of rotatable bonds is 6. The molecule has 0 aliphatic rings. The summed E-state index contributed by atoms with van der Waals surface area (Å²) < 4.78 is 0.611. The van der Waals surface area contributed by atoms with Gasteiger partial charge in [0.15, 0.2) is 0 Å². The number of anilines is 1. The highest BCUT2D eigenvalue weighted by atomic mass is 127. The van der Waals surface area contributed by atoms with Crippen LogP contribution in [0.4, 0.5) is 5.82 Å². The van der Waals surface area contributed by atoms with Crippen molar-refractivity contribution in [3.05, 3.63) is 20.3 Å². The first-order valence-electron chi connectivity index (χ1n) is 5.38. The van der Waals surface area contributed by atoms with Crippen molar-refractivity contribution >= 4 is 28.4 Å². The number of halogens is 1. The predicted octanol–water partition coefficient (Wildman–Crippen LogP) is 1.13. The first-order valence-corrected chi connectivity index (χ1v) is 6.46. The van der Waals surface area contributed by atoms with E-state index in [0.29, 0.717) is 9.39 Å². The lowest BCUT2D eigenvalue weighted by molar-refractivity contribution is 0.316. The highest BCUT2D eigenvalue weighted by Gasteiger charge is 2.04. The molecule has 0 aliphatic heterocycles. The lowest BCUT2D eigenvalue weighted by Gasteiger charge is -2.18. The van der Waals surface area contributed by atoms with Crippen LogP contribution in [-0.2, 0) is 0 Å². The molecule has 2 N–H and O–H groups in total. The minimum Gasteiger partial charge on any atom is -0.368 e. The maximum Gasteiger partial charge on any atom is 0.266 e. The lowest BCUT2D eigenvalue weighted by atomic mass is 10.4. The van der Waals surface area contributed by atoms with Crippen LogP contribution in [0.1, 0.15) is 13.8 Å². The van der Waals surface area contributed by atoms with Crippen LogP contribution in [0.5, 0.6) is 0 Å². The van der Waals surface area contributed by atoms with Gasteiger partial charge >= 0.3 is 0 Å². The summed E-state index contributed by atoms with van der Waals surface area (Å²) in [6.45, 7) is 8.11. The number of aromatic amines is 1. The Balaban J connectivity index is 2.49. The molecule has 0 spiro atoms. The zero-order valence-corrected chi connectivity index (χ0v) is 11.7. The molecule has 1 rings (SSSR count). The average Bonchev–Trinajstić information content (AvgIpc) is 2.30. The summed E-state index contributed by atoms with van der Waals surface area (Å²) >= 11 is 2.00. The van der Waals surface area contributed by atoms with Gasteiger partial charge in [-0.15, -0.1) is 0 Å². The molecule has 16 heavy (non-hydrogen) atoms. The van der Waals surface area contributed by atoms with Crippen molar-refractivity contribution in [2.75, 3.05) is 31.5 Å². The van der Waals surface area contributed by atoms with Crippen LogP contribution in [0.3, 0.4) is 0 Å². The molecule has 0 bridgehead atoms. The molecular weight excluding hydrogens is 319 g/mol. The van der Waals surface area contributed by atoms with E-state index in [1.165, 1.54) is 6.33 Å². The van der Waals surface area contributed by atoms with Crippen molar-refractivity contribution in [2.24, 2.45) is 0 Å². The molecule has 90 valence electrons. The Labute approximate surface area is 109 Å². The summed E-state index contributed by atoms with van der Waals surface area (Å²) in [5.41, 5.74) is -0.0964. The number of H-pyrrole nitrogens is 1. The van der Waals surface area contributed by atoms with Crippen LogP contribution >= 0.6 is 22.6 Å². The van der Waals surface area contributed by atoms with Gasteiger partial charge in [-0.2, -0.15) is 0 Å². The number of hydrogen-bond acceptors (Lipinski definition) is 4. The molecule has 0 amide bonds. The quantitative estimate of drug-likeness (QED) is 0.765. The van der Waals surface area contributed by atoms with E-state index in [0.717, 1.165) is 26.2 Å². The summed E-state index contributed by atoms with van der Waals surface area (Å²) in [5, 5.41) is 3.17. The Bertz CT molecular complexity index is 375. The molecule has 0 aliphatic carbocycles. The number of hydrogen-bond donors (Lipinski definition) is 2. The number of likely N-dealkylation sites (N-methyl/N-ethyl adjacent to an activating group) is 1. The van der Waals surface area contributed by atoms with E-state index in [2.05, 4.69) is 34.0 Å². The Morgan fingerprint density at radius 2 is 2.19 bits per heavy atom. The van der Waals surface area contributed by atoms with E-state index in [4.69, 9.17) is 0 Å². The summed E-state index contributed by atoms with van der Waals surface area (Å²) in [6, 6.07) is 0. The van der Waals surface area contributed by atoms with Crippen LogP contribution in [0.25, 0.3) is 0 Å².